The van der Waals surface area contributed by atoms with Crippen molar-refractivity contribution in [2.75, 3.05) is 31.1 Å². The molecule has 0 N–H and O–H groups in total. The molecule has 9 heteroatoms. The number of ether oxygens (including phenoxy) is 1. The summed E-state index contributed by atoms with van der Waals surface area (Å²) in [5.41, 5.74) is 3.15. The van der Waals surface area contributed by atoms with E-state index in [1.54, 1.807) is 29.2 Å². The Labute approximate surface area is 250 Å². The summed E-state index contributed by atoms with van der Waals surface area (Å²) in [6, 6.07) is 16.0. The number of halogens is 2. The Kier molecular flexibility index (Phi) is 8.19. The minimum absolute atomic E-state index is 0.162. The molecule has 218 valence electrons. The van der Waals surface area contributed by atoms with Crippen molar-refractivity contribution in [2.24, 2.45) is 0 Å². The molecule has 2 aromatic carbocycles. The lowest BCUT2D eigenvalue weighted by atomic mass is 9.90. The number of aldehydes is 1. The maximum absolute atomic E-state index is 15.0. The molecule has 1 aliphatic heterocycles. The van der Waals surface area contributed by atoms with Crippen LogP contribution in [0.4, 0.5) is 15.0 Å². The maximum Gasteiger partial charge on any atom is 0.410 e. The Balaban J connectivity index is 1.69. The zero-order chi connectivity index (χ0) is 30.2. The average molecular weight is 589 g/mol. The third kappa shape index (κ3) is 5.81. The van der Waals surface area contributed by atoms with Gasteiger partial charge in [0.2, 0.25) is 0 Å². The highest BCUT2D eigenvalue weighted by Crippen LogP contribution is 2.41. The number of benzene rings is 2. The lowest BCUT2D eigenvalue weighted by molar-refractivity contribution is 0.0240. The van der Waals surface area contributed by atoms with Crippen molar-refractivity contribution >= 4 is 40.7 Å². The quantitative estimate of drug-likeness (QED) is 0.222. The fourth-order valence-electron chi connectivity index (χ4n) is 5.29. The Bertz CT molecular complexity index is 1660. The van der Waals surface area contributed by atoms with Gasteiger partial charge >= 0.3 is 6.09 Å². The number of amides is 1. The highest BCUT2D eigenvalue weighted by molar-refractivity contribution is 6.34. The van der Waals surface area contributed by atoms with E-state index in [1.807, 2.05) is 49.9 Å². The van der Waals surface area contributed by atoms with Crippen molar-refractivity contribution in [1.29, 1.82) is 0 Å². The van der Waals surface area contributed by atoms with Gasteiger partial charge in [-0.2, -0.15) is 0 Å². The van der Waals surface area contributed by atoms with Gasteiger partial charge in [0, 0.05) is 42.7 Å². The number of fused-ring (bicyclic) bond motifs is 1. The molecule has 3 heterocycles. The molecule has 2 aromatic heterocycles. The number of nitrogens with zero attached hydrogens (tertiary/aromatic N) is 4. The highest BCUT2D eigenvalue weighted by atomic mass is 35.5. The van der Waals surface area contributed by atoms with Gasteiger partial charge in [0.15, 0.2) is 6.29 Å². The molecule has 4 aromatic rings. The van der Waals surface area contributed by atoms with Crippen molar-refractivity contribution < 1.29 is 18.7 Å². The summed E-state index contributed by atoms with van der Waals surface area (Å²) in [7, 11) is 0. The topological polar surface area (TPSA) is 75.6 Å². The zero-order valence-corrected chi connectivity index (χ0v) is 25.2. The molecule has 1 amide bonds. The van der Waals surface area contributed by atoms with E-state index < -0.39 is 11.4 Å². The monoisotopic (exact) mass is 588 g/mol. The van der Waals surface area contributed by atoms with Crippen LogP contribution in [0.25, 0.3) is 33.3 Å². The summed E-state index contributed by atoms with van der Waals surface area (Å²) in [5.74, 6) is 0.254. The van der Waals surface area contributed by atoms with E-state index in [1.165, 1.54) is 6.07 Å². The summed E-state index contributed by atoms with van der Waals surface area (Å²) in [6.07, 6.45) is 0.374. The number of carbonyl (C=O) groups is 2. The van der Waals surface area contributed by atoms with Crippen LogP contribution in [0.5, 0.6) is 0 Å². The van der Waals surface area contributed by atoms with Crippen LogP contribution in [-0.4, -0.2) is 59.0 Å². The van der Waals surface area contributed by atoms with E-state index in [9.17, 15) is 14.0 Å². The van der Waals surface area contributed by atoms with Gasteiger partial charge in [-0.05, 0) is 56.0 Å². The van der Waals surface area contributed by atoms with Crippen LogP contribution in [0.2, 0.25) is 5.02 Å². The second kappa shape index (κ2) is 11.7. The Morgan fingerprint density at radius 3 is 2.26 bits per heavy atom. The lowest BCUT2D eigenvalue weighted by Gasteiger charge is -2.36. The van der Waals surface area contributed by atoms with Crippen LogP contribution in [0.3, 0.4) is 0 Å². The number of carbonyl (C=O) groups excluding carboxylic acids is 2. The van der Waals surface area contributed by atoms with Gasteiger partial charge in [0.1, 0.15) is 22.9 Å². The molecule has 0 unspecified atom stereocenters. The maximum atomic E-state index is 15.0. The van der Waals surface area contributed by atoms with Gasteiger partial charge in [0.25, 0.3) is 0 Å². The smallest absolute Gasteiger partial charge is 0.410 e. The fourth-order valence-corrected chi connectivity index (χ4v) is 5.54. The van der Waals surface area contributed by atoms with E-state index in [2.05, 4.69) is 13.8 Å². The Morgan fingerprint density at radius 1 is 1.00 bits per heavy atom. The first-order valence-corrected chi connectivity index (χ1v) is 14.4. The number of hydrogen-bond acceptors (Lipinski definition) is 6. The lowest BCUT2D eigenvalue weighted by Crippen LogP contribution is -2.50. The van der Waals surface area contributed by atoms with Crippen LogP contribution in [0.15, 0.2) is 54.6 Å². The summed E-state index contributed by atoms with van der Waals surface area (Å²) in [4.78, 5) is 38.8. The van der Waals surface area contributed by atoms with Gasteiger partial charge in [-0.25, -0.2) is 19.2 Å². The number of anilines is 1. The number of aromatic nitrogens is 2. The average Bonchev–Trinajstić information content (AvgIpc) is 2.95. The van der Waals surface area contributed by atoms with Gasteiger partial charge in [-0.1, -0.05) is 61.8 Å². The van der Waals surface area contributed by atoms with Crippen molar-refractivity contribution in [2.45, 2.75) is 46.1 Å². The SMILES string of the molecule is CC(C)c1ccccc1-c1c(C=O)nc(N2CCN(C(=O)OC(C)(C)C)CC2)c2cc(Cl)c(-c3ccccc3F)nc12. The van der Waals surface area contributed by atoms with Gasteiger partial charge in [0.05, 0.1) is 16.2 Å². The number of rotatable bonds is 5. The van der Waals surface area contributed by atoms with E-state index in [4.69, 9.17) is 26.3 Å². The first kappa shape index (κ1) is 29.5. The first-order valence-electron chi connectivity index (χ1n) is 14.0. The van der Waals surface area contributed by atoms with Gasteiger partial charge in [-0.15, -0.1) is 0 Å². The van der Waals surface area contributed by atoms with Crippen molar-refractivity contribution in [1.82, 2.24) is 14.9 Å². The highest BCUT2D eigenvalue weighted by Gasteiger charge is 2.29. The normalized spacial score (nSPS) is 14.0. The van der Waals surface area contributed by atoms with Crippen molar-refractivity contribution in [3.05, 3.63) is 76.7 Å². The Morgan fingerprint density at radius 2 is 1.64 bits per heavy atom. The summed E-state index contributed by atoms with van der Waals surface area (Å²) < 4.78 is 20.5. The molecule has 1 saturated heterocycles. The summed E-state index contributed by atoms with van der Waals surface area (Å²) in [5, 5.41) is 0.912. The molecule has 0 saturated carbocycles. The van der Waals surface area contributed by atoms with E-state index in [-0.39, 0.29) is 34.0 Å². The molecule has 0 atom stereocenters. The second-order valence-electron chi connectivity index (χ2n) is 11.7. The Hall–Kier alpha value is -4.04. The molecule has 1 aliphatic rings. The number of hydrogen-bond donors (Lipinski definition) is 0. The summed E-state index contributed by atoms with van der Waals surface area (Å²) in [6.45, 7) is 11.5. The number of pyridine rings is 2. The van der Waals surface area contributed by atoms with Crippen LogP contribution in [-0.2, 0) is 4.74 Å². The molecule has 0 bridgehead atoms. The molecule has 0 aliphatic carbocycles. The molecule has 0 radical (unpaired) electrons. The first-order chi connectivity index (χ1) is 20.0. The summed E-state index contributed by atoms with van der Waals surface area (Å²) >= 11 is 6.79. The van der Waals surface area contributed by atoms with E-state index >= 15 is 0 Å². The van der Waals surface area contributed by atoms with Crippen LogP contribution in [0.1, 0.15) is 56.6 Å². The van der Waals surface area contributed by atoms with Gasteiger partial charge < -0.3 is 14.5 Å². The molecular weight excluding hydrogens is 555 g/mol. The van der Waals surface area contributed by atoms with Crippen molar-refractivity contribution in [3.63, 3.8) is 0 Å². The minimum atomic E-state index is -0.592. The predicted molar refractivity (Wildman–Crippen MR) is 165 cm³/mol. The molecule has 5 rings (SSSR count). The van der Waals surface area contributed by atoms with Crippen molar-refractivity contribution in [3.8, 4) is 22.4 Å². The third-order valence-electron chi connectivity index (χ3n) is 7.26. The molecule has 0 spiro atoms. The molecule has 42 heavy (non-hydrogen) atoms. The van der Waals surface area contributed by atoms with Crippen LogP contribution < -0.4 is 4.90 Å². The standard InChI is InChI=1S/C33H34ClFN4O3/c1-20(2)21-10-6-7-11-22(21)28-27(19-40)36-31(38-14-16-39(17-15-38)32(41)42-33(3,4)5)24-18-25(34)29(37-30(24)28)23-12-8-9-13-26(23)35/h6-13,18-20H,14-17H2,1-5H3. The van der Waals surface area contributed by atoms with Crippen LogP contribution in [0, 0.1) is 5.82 Å². The molecular formula is C33H34ClFN4O3. The van der Waals surface area contributed by atoms with Gasteiger partial charge in [-0.3, -0.25) is 4.79 Å². The number of piperazine rings is 1. The molecule has 1 fully saturated rings. The second-order valence-corrected chi connectivity index (χ2v) is 12.1. The largest absolute Gasteiger partial charge is 0.444 e. The van der Waals surface area contributed by atoms with E-state index in [0.717, 1.165) is 17.4 Å². The zero-order valence-electron chi connectivity index (χ0n) is 24.4. The van der Waals surface area contributed by atoms with Crippen LogP contribution >= 0.6 is 11.6 Å². The third-order valence-corrected chi connectivity index (χ3v) is 7.55. The minimum Gasteiger partial charge on any atom is -0.444 e. The molecule has 7 nitrogen and oxygen atoms in total. The predicted octanol–water partition coefficient (Wildman–Crippen LogP) is 7.75. The van der Waals surface area contributed by atoms with E-state index in [0.29, 0.717) is 48.5 Å². The fraction of sp³-hybridized carbons (Fsp3) is 0.333.